The van der Waals surface area contributed by atoms with Crippen LogP contribution in [0.1, 0.15) is 20.3 Å². The molecule has 1 aliphatic rings. The van der Waals surface area contributed by atoms with Gasteiger partial charge < -0.3 is 20.1 Å². The molecular formula is C11H17NO7. The predicted octanol–water partition coefficient (Wildman–Crippen LogP) is -0.523. The standard InChI is InChI=1S/C11H17NO7/c1-5(9(13)14)12-4-7(3-8(12)11(17)18)19-6(2)10(15)16/h5-8H,3-4H2,1-2H3,(H,13,14)(H,15,16)(H,17,18). The summed E-state index contributed by atoms with van der Waals surface area (Å²) in [5.74, 6) is -3.41. The molecule has 1 heterocycles. The van der Waals surface area contributed by atoms with E-state index in [1.165, 1.54) is 18.7 Å². The summed E-state index contributed by atoms with van der Waals surface area (Å²) < 4.78 is 5.22. The van der Waals surface area contributed by atoms with Crippen molar-refractivity contribution in [3.8, 4) is 0 Å². The van der Waals surface area contributed by atoms with Gasteiger partial charge in [0.1, 0.15) is 12.1 Å². The highest BCUT2D eigenvalue weighted by atomic mass is 16.5. The van der Waals surface area contributed by atoms with Gasteiger partial charge in [-0.05, 0) is 13.8 Å². The van der Waals surface area contributed by atoms with Crippen LogP contribution < -0.4 is 0 Å². The third kappa shape index (κ3) is 3.65. The van der Waals surface area contributed by atoms with Crippen LogP contribution in [0.15, 0.2) is 0 Å². The smallest absolute Gasteiger partial charge is 0.332 e. The van der Waals surface area contributed by atoms with Crippen LogP contribution in [-0.4, -0.2) is 69.0 Å². The van der Waals surface area contributed by atoms with Gasteiger partial charge in [-0.25, -0.2) is 4.79 Å². The van der Waals surface area contributed by atoms with Crippen molar-refractivity contribution in [1.29, 1.82) is 0 Å². The average Bonchev–Trinajstić information content (AvgIpc) is 2.71. The first kappa shape index (κ1) is 15.4. The number of nitrogens with zero attached hydrogens (tertiary/aromatic N) is 1. The SMILES string of the molecule is CC(OC1CC(C(=O)O)N(C(C)C(=O)O)C1)C(=O)O. The van der Waals surface area contributed by atoms with Crippen molar-refractivity contribution in [1.82, 2.24) is 4.90 Å². The van der Waals surface area contributed by atoms with Crippen molar-refractivity contribution in [2.24, 2.45) is 0 Å². The number of carboxylic acid groups (broad SMARTS) is 3. The Hall–Kier alpha value is -1.67. The van der Waals surface area contributed by atoms with Gasteiger partial charge in [0, 0.05) is 13.0 Å². The normalized spacial score (nSPS) is 26.8. The molecule has 0 aromatic carbocycles. The summed E-state index contributed by atoms with van der Waals surface area (Å²) in [7, 11) is 0. The topological polar surface area (TPSA) is 124 Å². The molecule has 0 spiro atoms. The fourth-order valence-electron chi connectivity index (χ4n) is 2.08. The van der Waals surface area contributed by atoms with Gasteiger partial charge in [-0.1, -0.05) is 0 Å². The number of hydrogen-bond acceptors (Lipinski definition) is 5. The second-order valence-corrected chi connectivity index (χ2v) is 4.54. The number of carbonyl (C=O) groups is 3. The number of carboxylic acids is 3. The minimum Gasteiger partial charge on any atom is -0.480 e. The minimum absolute atomic E-state index is 0.0740. The Morgan fingerprint density at radius 3 is 2.16 bits per heavy atom. The first-order valence-corrected chi connectivity index (χ1v) is 5.83. The Morgan fingerprint density at radius 1 is 1.16 bits per heavy atom. The van der Waals surface area contributed by atoms with Crippen LogP contribution in [0.3, 0.4) is 0 Å². The van der Waals surface area contributed by atoms with Crippen LogP contribution in [0.2, 0.25) is 0 Å². The van der Waals surface area contributed by atoms with Crippen molar-refractivity contribution < 1.29 is 34.4 Å². The second kappa shape index (κ2) is 5.98. The molecule has 0 aliphatic carbocycles. The summed E-state index contributed by atoms with van der Waals surface area (Å²) in [4.78, 5) is 34.0. The molecule has 0 amide bonds. The lowest BCUT2D eigenvalue weighted by Gasteiger charge is -2.24. The van der Waals surface area contributed by atoms with Crippen LogP contribution in [-0.2, 0) is 19.1 Å². The molecule has 8 heteroatoms. The van der Waals surface area contributed by atoms with Gasteiger partial charge in [0.25, 0.3) is 0 Å². The number of rotatable bonds is 6. The van der Waals surface area contributed by atoms with Crippen LogP contribution in [0.4, 0.5) is 0 Å². The number of ether oxygens (including phenoxy) is 1. The van der Waals surface area contributed by atoms with Gasteiger partial charge in [0.2, 0.25) is 0 Å². The highest BCUT2D eigenvalue weighted by molar-refractivity contribution is 5.77. The first-order chi connectivity index (χ1) is 8.73. The van der Waals surface area contributed by atoms with Gasteiger partial charge in [0.05, 0.1) is 6.10 Å². The van der Waals surface area contributed by atoms with Gasteiger partial charge in [0.15, 0.2) is 6.10 Å². The molecule has 3 N–H and O–H groups in total. The average molecular weight is 275 g/mol. The Balaban J connectivity index is 2.75. The van der Waals surface area contributed by atoms with E-state index >= 15 is 0 Å². The highest BCUT2D eigenvalue weighted by Gasteiger charge is 2.42. The Kier molecular flexibility index (Phi) is 4.84. The van der Waals surface area contributed by atoms with Crippen LogP contribution in [0, 0.1) is 0 Å². The van der Waals surface area contributed by atoms with Crippen molar-refractivity contribution in [3.63, 3.8) is 0 Å². The third-order valence-corrected chi connectivity index (χ3v) is 3.19. The van der Waals surface area contributed by atoms with E-state index in [1.807, 2.05) is 0 Å². The minimum atomic E-state index is -1.14. The first-order valence-electron chi connectivity index (χ1n) is 5.83. The Bertz CT molecular complexity index is 383. The number of aliphatic carboxylic acids is 3. The van der Waals surface area contributed by atoms with Gasteiger partial charge >= 0.3 is 17.9 Å². The van der Waals surface area contributed by atoms with E-state index in [0.29, 0.717) is 0 Å². The van der Waals surface area contributed by atoms with Crippen LogP contribution in [0.5, 0.6) is 0 Å². The van der Waals surface area contributed by atoms with Crippen molar-refractivity contribution >= 4 is 17.9 Å². The quantitative estimate of drug-likeness (QED) is 0.591. The molecule has 4 unspecified atom stereocenters. The Labute approximate surface area is 109 Å². The molecule has 1 saturated heterocycles. The zero-order valence-electron chi connectivity index (χ0n) is 10.6. The summed E-state index contributed by atoms with van der Waals surface area (Å²) >= 11 is 0. The van der Waals surface area contributed by atoms with E-state index in [0.717, 1.165) is 0 Å². The molecule has 0 aromatic heterocycles. The molecule has 1 fully saturated rings. The maximum atomic E-state index is 11.1. The van der Waals surface area contributed by atoms with Gasteiger partial charge in [-0.3, -0.25) is 14.5 Å². The maximum absolute atomic E-state index is 11.1. The molecule has 19 heavy (non-hydrogen) atoms. The summed E-state index contributed by atoms with van der Waals surface area (Å²) in [6, 6.07) is -1.94. The highest BCUT2D eigenvalue weighted by Crippen LogP contribution is 2.24. The van der Waals surface area contributed by atoms with E-state index < -0.39 is 42.2 Å². The molecule has 8 nitrogen and oxygen atoms in total. The largest absolute Gasteiger partial charge is 0.480 e. The van der Waals surface area contributed by atoms with E-state index in [4.69, 9.17) is 20.1 Å². The molecule has 4 atom stereocenters. The van der Waals surface area contributed by atoms with E-state index in [9.17, 15) is 14.4 Å². The summed E-state index contributed by atoms with van der Waals surface area (Å²) in [6.07, 6.45) is -1.58. The van der Waals surface area contributed by atoms with E-state index in [-0.39, 0.29) is 13.0 Å². The van der Waals surface area contributed by atoms with Crippen molar-refractivity contribution in [2.75, 3.05) is 6.54 Å². The second-order valence-electron chi connectivity index (χ2n) is 4.54. The van der Waals surface area contributed by atoms with Gasteiger partial charge in [-0.2, -0.15) is 0 Å². The lowest BCUT2D eigenvalue weighted by Crippen LogP contribution is -2.45. The molecule has 0 saturated carbocycles. The zero-order valence-corrected chi connectivity index (χ0v) is 10.6. The molecule has 0 aromatic rings. The molecule has 0 bridgehead atoms. The maximum Gasteiger partial charge on any atom is 0.332 e. The van der Waals surface area contributed by atoms with Crippen LogP contribution in [0.25, 0.3) is 0 Å². The fourth-order valence-corrected chi connectivity index (χ4v) is 2.08. The van der Waals surface area contributed by atoms with Crippen molar-refractivity contribution in [3.05, 3.63) is 0 Å². The van der Waals surface area contributed by atoms with Crippen molar-refractivity contribution in [2.45, 2.75) is 44.6 Å². The Morgan fingerprint density at radius 2 is 1.74 bits per heavy atom. The fraction of sp³-hybridized carbons (Fsp3) is 0.727. The monoisotopic (exact) mass is 275 g/mol. The molecule has 1 rings (SSSR count). The third-order valence-electron chi connectivity index (χ3n) is 3.19. The molecule has 1 aliphatic heterocycles. The van der Waals surface area contributed by atoms with E-state index in [1.54, 1.807) is 0 Å². The van der Waals surface area contributed by atoms with Gasteiger partial charge in [-0.15, -0.1) is 0 Å². The molecular weight excluding hydrogens is 258 g/mol. The summed E-state index contributed by atoms with van der Waals surface area (Å²) in [5, 5.41) is 26.7. The lowest BCUT2D eigenvalue weighted by atomic mass is 10.2. The predicted molar refractivity (Wildman–Crippen MR) is 61.8 cm³/mol. The lowest BCUT2D eigenvalue weighted by molar-refractivity contribution is -0.153. The zero-order chi connectivity index (χ0) is 14.7. The molecule has 108 valence electrons. The number of hydrogen-bond donors (Lipinski definition) is 3. The van der Waals surface area contributed by atoms with Crippen LogP contribution >= 0.6 is 0 Å². The summed E-state index contributed by atoms with van der Waals surface area (Å²) in [6.45, 7) is 2.82. The van der Waals surface area contributed by atoms with E-state index in [2.05, 4.69) is 0 Å². The molecule has 0 radical (unpaired) electrons. The summed E-state index contributed by atoms with van der Waals surface area (Å²) in [5.41, 5.74) is 0. The number of likely N-dealkylation sites (tertiary alicyclic amines) is 1.